The van der Waals surface area contributed by atoms with Gasteiger partial charge in [-0.15, -0.1) is 0 Å². The summed E-state index contributed by atoms with van der Waals surface area (Å²) in [6.07, 6.45) is 0.762. The van der Waals surface area contributed by atoms with Crippen LogP contribution in [0.4, 0.5) is 5.69 Å². The zero-order valence-corrected chi connectivity index (χ0v) is 10.9. The predicted octanol–water partition coefficient (Wildman–Crippen LogP) is 2.01. The maximum Gasteiger partial charge on any atom is 0.270 e. The molecule has 1 atom stereocenters. The number of rotatable bonds is 2. The van der Waals surface area contributed by atoms with Crippen LogP contribution in [0.25, 0.3) is 11.3 Å². The highest BCUT2D eigenvalue weighted by Gasteiger charge is 2.21. The number of hydrogen-bond acceptors (Lipinski definition) is 4. The Morgan fingerprint density at radius 2 is 2.20 bits per heavy atom. The Labute approximate surface area is 114 Å². The molecular formula is C14H13N3O3. The fourth-order valence-electron chi connectivity index (χ4n) is 2.52. The minimum atomic E-state index is -0.453. The van der Waals surface area contributed by atoms with Gasteiger partial charge in [0.15, 0.2) is 0 Å². The number of nitrogens with zero attached hydrogens (tertiary/aromatic N) is 3. The van der Waals surface area contributed by atoms with Gasteiger partial charge in [0.1, 0.15) is 5.82 Å². The number of fused-ring (bicyclic) bond motifs is 1. The molecule has 0 bridgehead atoms. The van der Waals surface area contributed by atoms with E-state index in [0.717, 1.165) is 12.2 Å². The van der Waals surface area contributed by atoms with Crippen LogP contribution in [0, 0.1) is 16.0 Å². The predicted molar refractivity (Wildman–Crippen MR) is 73.5 cm³/mol. The first-order valence-corrected chi connectivity index (χ1v) is 6.40. The first-order chi connectivity index (χ1) is 9.54. The molecule has 0 fully saturated rings. The normalized spacial score (nSPS) is 16.9. The summed E-state index contributed by atoms with van der Waals surface area (Å²) in [6.45, 7) is 2.76. The van der Waals surface area contributed by atoms with E-state index in [0.29, 0.717) is 23.7 Å². The van der Waals surface area contributed by atoms with E-state index in [9.17, 15) is 14.9 Å². The first kappa shape index (κ1) is 12.5. The lowest BCUT2D eigenvalue weighted by Gasteiger charge is -2.05. The summed E-state index contributed by atoms with van der Waals surface area (Å²) in [4.78, 5) is 26.9. The molecule has 6 nitrogen and oxygen atoms in total. The van der Waals surface area contributed by atoms with Crippen molar-refractivity contribution in [3.63, 3.8) is 0 Å². The first-order valence-electron chi connectivity index (χ1n) is 6.40. The molecule has 0 spiro atoms. The average molecular weight is 271 g/mol. The van der Waals surface area contributed by atoms with Crippen molar-refractivity contribution in [1.82, 2.24) is 9.55 Å². The molecule has 2 aromatic rings. The molecule has 0 radical (unpaired) electrons. The molecule has 20 heavy (non-hydrogen) atoms. The van der Waals surface area contributed by atoms with Gasteiger partial charge in [-0.1, -0.05) is 19.1 Å². The number of nitro benzene ring substituents is 1. The Morgan fingerprint density at radius 1 is 1.40 bits per heavy atom. The molecule has 0 amide bonds. The second kappa shape index (κ2) is 4.56. The monoisotopic (exact) mass is 271 g/mol. The van der Waals surface area contributed by atoms with E-state index >= 15 is 0 Å². The molecule has 1 aromatic heterocycles. The van der Waals surface area contributed by atoms with Crippen LogP contribution in [-0.4, -0.2) is 14.5 Å². The quantitative estimate of drug-likeness (QED) is 0.618. The van der Waals surface area contributed by atoms with E-state index in [2.05, 4.69) is 11.9 Å². The van der Waals surface area contributed by atoms with Crippen LogP contribution >= 0.6 is 0 Å². The standard InChI is InChI=1S/C14H13N3O3/c1-9-5-13-15-12(7-14(18)16(13)8-9)10-3-2-4-11(6-10)17(19)20/h2-4,6-7,9H,5,8H2,1H3/t9-/m0/s1. The third-order valence-electron chi connectivity index (χ3n) is 3.47. The number of non-ortho nitro benzene ring substituents is 1. The SMILES string of the molecule is C[C@H]1Cc2nc(-c3cccc([N+](=O)[O-])c3)cc(=O)n2C1. The summed E-state index contributed by atoms with van der Waals surface area (Å²) in [7, 11) is 0. The van der Waals surface area contributed by atoms with Gasteiger partial charge in [0.05, 0.1) is 10.6 Å². The van der Waals surface area contributed by atoms with E-state index in [4.69, 9.17) is 0 Å². The molecule has 0 saturated carbocycles. The number of aromatic nitrogens is 2. The van der Waals surface area contributed by atoms with E-state index in [1.54, 1.807) is 16.7 Å². The van der Waals surface area contributed by atoms with Gasteiger partial charge in [-0.05, 0) is 5.92 Å². The van der Waals surface area contributed by atoms with Gasteiger partial charge in [0, 0.05) is 36.7 Å². The van der Waals surface area contributed by atoms with E-state index in [-0.39, 0.29) is 11.2 Å². The van der Waals surface area contributed by atoms with E-state index in [1.807, 2.05) is 0 Å². The van der Waals surface area contributed by atoms with Gasteiger partial charge in [0.2, 0.25) is 0 Å². The van der Waals surface area contributed by atoms with E-state index < -0.39 is 4.92 Å². The largest absolute Gasteiger partial charge is 0.296 e. The second-order valence-corrected chi connectivity index (χ2v) is 5.12. The summed E-state index contributed by atoms with van der Waals surface area (Å²) < 4.78 is 1.67. The maximum absolute atomic E-state index is 12.1. The third kappa shape index (κ3) is 2.09. The summed E-state index contributed by atoms with van der Waals surface area (Å²) in [5.41, 5.74) is 0.998. The zero-order valence-electron chi connectivity index (χ0n) is 10.9. The fraction of sp³-hybridized carbons (Fsp3) is 0.286. The van der Waals surface area contributed by atoms with E-state index in [1.165, 1.54) is 18.2 Å². The van der Waals surface area contributed by atoms with Crippen molar-refractivity contribution in [1.29, 1.82) is 0 Å². The Balaban J connectivity index is 2.10. The molecular weight excluding hydrogens is 258 g/mol. The van der Waals surface area contributed by atoms with Crippen LogP contribution in [0.15, 0.2) is 35.1 Å². The highest BCUT2D eigenvalue weighted by molar-refractivity contribution is 5.62. The Hall–Kier alpha value is -2.50. The van der Waals surface area contributed by atoms with Crippen LogP contribution in [0.5, 0.6) is 0 Å². The molecule has 1 aliphatic heterocycles. The molecule has 6 heteroatoms. The van der Waals surface area contributed by atoms with Crippen molar-refractivity contribution in [2.45, 2.75) is 19.9 Å². The number of benzene rings is 1. The second-order valence-electron chi connectivity index (χ2n) is 5.12. The highest BCUT2D eigenvalue weighted by Crippen LogP contribution is 2.23. The van der Waals surface area contributed by atoms with Crippen molar-refractivity contribution in [3.8, 4) is 11.3 Å². The molecule has 102 valence electrons. The summed E-state index contributed by atoms with van der Waals surface area (Å²) in [6, 6.07) is 7.64. The summed E-state index contributed by atoms with van der Waals surface area (Å²) >= 11 is 0. The highest BCUT2D eigenvalue weighted by atomic mass is 16.6. The fourth-order valence-corrected chi connectivity index (χ4v) is 2.52. The van der Waals surface area contributed by atoms with Crippen molar-refractivity contribution >= 4 is 5.69 Å². The lowest BCUT2D eigenvalue weighted by atomic mass is 10.1. The van der Waals surface area contributed by atoms with Crippen LogP contribution in [-0.2, 0) is 13.0 Å². The number of hydrogen-bond donors (Lipinski definition) is 0. The van der Waals surface area contributed by atoms with Crippen molar-refractivity contribution < 1.29 is 4.92 Å². The van der Waals surface area contributed by atoms with Gasteiger partial charge in [-0.2, -0.15) is 0 Å². The molecule has 3 rings (SSSR count). The average Bonchev–Trinajstić information content (AvgIpc) is 2.80. The smallest absolute Gasteiger partial charge is 0.270 e. The van der Waals surface area contributed by atoms with Crippen LogP contribution in [0.2, 0.25) is 0 Å². The Morgan fingerprint density at radius 3 is 2.95 bits per heavy atom. The third-order valence-corrected chi connectivity index (χ3v) is 3.47. The maximum atomic E-state index is 12.1. The molecule has 2 heterocycles. The van der Waals surface area contributed by atoms with Gasteiger partial charge in [-0.3, -0.25) is 19.5 Å². The van der Waals surface area contributed by atoms with Crippen molar-refractivity contribution in [3.05, 3.63) is 56.6 Å². The van der Waals surface area contributed by atoms with Gasteiger partial charge >= 0.3 is 0 Å². The van der Waals surface area contributed by atoms with Crippen molar-refractivity contribution in [2.75, 3.05) is 0 Å². The topological polar surface area (TPSA) is 78.0 Å². The number of nitro groups is 1. The zero-order chi connectivity index (χ0) is 14.3. The lowest BCUT2D eigenvalue weighted by Crippen LogP contribution is -2.20. The molecule has 1 aromatic carbocycles. The molecule has 1 aliphatic rings. The molecule has 0 unspecified atom stereocenters. The summed E-state index contributed by atoms with van der Waals surface area (Å²) in [5.74, 6) is 1.15. The van der Waals surface area contributed by atoms with Crippen LogP contribution in [0.3, 0.4) is 0 Å². The minimum Gasteiger partial charge on any atom is -0.296 e. The van der Waals surface area contributed by atoms with Gasteiger partial charge < -0.3 is 0 Å². The van der Waals surface area contributed by atoms with Crippen LogP contribution in [0.1, 0.15) is 12.7 Å². The Bertz CT molecular complexity index is 752. The molecule has 0 aliphatic carbocycles. The molecule has 0 saturated heterocycles. The summed E-state index contributed by atoms with van der Waals surface area (Å²) in [5, 5.41) is 10.8. The van der Waals surface area contributed by atoms with Crippen LogP contribution < -0.4 is 5.56 Å². The minimum absolute atomic E-state index is 0.00160. The molecule has 0 N–H and O–H groups in total. The lowest BCUT2D eigenvalue weighted by molar-refractivity contribution is -0.384. The van der Waals surface area contributed by atoms with Gasteiger partial charge in [-0.25, -0.2) is 4.98 Å². The van der Waals surface area contributed by atoms with Gasteiger partial charge in [0.25, 0.3) is 11.2 Å². The Kier molecular flexibility index (Phi) is 2.85. The van der Waals surface area contributed by atoms with Crippen molar-refractivity contribution in [2.24, 2.45) is 5.92 Å².